The fourth-order valence-corrected chi connectivity index (χ4v) is 3.68. The van der Waals surface area contributed by atoms with Gasteiger partial charge in [-0.1, -0.05) is 101 Å². The maximum Gasteiger partial charge on any atom is 0.153 e. The van der Waals surface area contributed by atoms with Crippen LogP contribution in [-0.4, -0.2) is 16.5 Å². The van der Waals surface area contributed by atoms with Crippen molar-refractivity contribution in [2.75, 3.05) is 0 Å². The Balaban J connectivity index is 2.24. The molecule has 1 unspecified atom stereocenters. The van der Waals surface area contributed by atoms with Crippen molar-refractivity contribution in [3.8, 4) is 0 Å². The lowest BCUT2D eigenvalue weighted by Gasteiger charge is -2.28. The average Bonchev–Trinajstić information content (AvgIpc) is 2.57. The van der Waals surface area contributed by atoms with Gasteiger partial charge in [-0.25, -0.2) is 0 Å². The third-order valence-electron chi connectivity index (χ3n) is 4.72. The summed E-state index contributed by atoms with van der Waals surface area (Å²) in [6.45, 7) is 2.25. The Morgan fingerprint density at radius 1 is 0.833 bits per heavy atom. The van der Waals surface area contributed by atoms with Crippen LogP contribution in [0.2, 0.25) is 0 Å². The van der Waals surface area contributed by atoms with E-state index in [1.54, 1.807) is 0 Å². The molecule has 2 nitrogen and oxygen atoms in total. The minimum absolute atomic E-state index is 0.177. The number of aliphatic hydroxyl groups is 2. The summed E-state index contributed by atoms with van der Waals surface area (Å²) in [4.78, 5) is -0.671. The Labute approximate surface area is 153 Å². The van der Waals surface area contributed by atoms with E-state index in [0.29, 0.717) is 0 Å². The molecule has 1 aromatic rings. The summed E-state index contributed by atoms with van der Waals surface area (Å²) in [5, 5.41) is 18.8. The van der Waals surface area contributed by atoms with Gasteiger partial charge in [-0.2, -0.15) is 0 Å². The van der Waals surface area contributed by atoms with Crippen LogP contribution in [0.15, 0.2) is 30.3 Å². The van der Waals surface area contributed by atoms with Gasteiger partial charge in [0.15, 0.2) is 6.29 Å². The molecule has 24 heavy (non-hydrogen) atoms. The zero-order valence-corrected chi connectivity index (χ0v) is 16.0. The molecule has 2 N–H and O–H groups in total. The van der Waals surface area contributed by atoms with Crippen LogP contribution in [0.3, 0.4) is 0 Å². The normalized spacial score (nSPS) is 14.0. The van der Waals surface area contributed by atoms with Gasteiger partial charge in [0.25, 0.3) is 0 Å². The van der Waals surface area contributed by atoms with Crippen LogP contribution >= 0.6 is 11.6 Å². The first kappa shape index (κ1) is 21.5. The zero-order chi connectivity index (χ0) is 17.7. The van der Waals surface area contributed by atoms with E-state index in [2.05, 4.69) is 6.92 Å². The highest BCUT2D eigenvalue weighted by Gasteiger charge is 2.31. The number of aliphatic hydroxyl groups excluding tert-OH is 1. The summed E-state index contributed by atoms with van der Waals surface area (Å²) in [5.41, 5.74) is 0.982. The third kappa shape index (κ3) is 9.05. The van der Waals surface area contributed by atoms with E-state index in [-0.39, 0.29) is 6.42 Å². The number of halogens is 1. The molecule has 0 fully saturated rings. The van der Waals surface area contributed by atoms with Gasteiger partial charge in [0.2, 0.25) is 0 Å². The summed E-state index contributed by atoms with van der Waals surface area (Å²) >= 11 is 6.75. The van der Waals surface area contributed by atoms with Crippen LogP contribution in [0.5, 0.6) is 0 Å². The van der Waals surface area contributed by atoms with Crippen LogP contribution in [0.25, 0.3) is 0 Å². The molecule has 0 heterocycles. The van der Waals surface area contributed by atoms with Crippen molar-refractivity contribution >= 4 is 11.6 Å². The predicted octanol–water partition coefficient (Wildman–Crippen LogP) is 6.13. The highest BCUT2D eigenvalue weighted by molar-refractivity contribution is 6.24. The first-order valence-corrected chi connectivity index (χ1v) is 10.1. The summed E-state index contributed by atoms with van der Waals surface area (Å²) in [7, 11) is 0. The fourth-order valence-electron chi connectivity index (χ4n) is 3.28. The molecule has 1 aromatic carbocycles. The second kappa shape index (κ2) is 12.7. The number of hydrogen-bond donors (Lipinski definition) is 2. The van der Waals surface area contributed by atoms with Crippen molar-refractivity contribution in [1.82, 2.24) is 0 Å². The van der Waals surface area contributed by atoms with Crippen molar-refractivity contribution in [2.45, 2.75) is 95.1 Å². The topological polar surface area (TPSA) is 40.5 Å². The standard InChI is InChI=1S/C21H35ClO2/c1-2-3-4-5-6-7-8-9-10-14-17-21(22,18-20(23)24)19-15-12-11-13-16-19/h11-13,15-16,20,23-24H,2-10,14,17-18H2,1H3. The first-order valence-electron chi connectivity index (χ1n) is 9.69. The molecular formula is C21H35ClO2. The summed E-state index contributed by atoms with van der Waals surface area (Å²) in [5.74, 6) is 0. The van der Waals surface area contributed by atoms with Crippen LogP contribution < -0.4 is 0 Å². The van der Waals surface area contributed by atoms with Crippen molar-refractivity contribution in [1.29, 1.82) is 0 Å². The minimum atomic E-state index is -1.37. The highest BCUT2D eigenvalue weighted by Crippen LogP contribution is 2.38. The van der Waals surface area contributed by atoms with Gasteiger partial charge < -0.3 is 10.2 Å². The highest BCUT2D eigenvalue weighted by atomic mass is 35.5. The second-order valence-corrected chi connectivity index (χ2v) is 7.67. The van der Waals surface area contributed by atoms with Gasteiger partial charge >= 0.3 is 0 Å². The maximum absolute atomic E-state index is 9.38. The molecule has 1 atom stereocenters. The Kier molecular flexibility index (Phi) is 11.4. The van der Waals surface area contributed by atoms with Gasteiger partial charge in [0.05, 0.1) is 4.87 Å². The molecule has 0 spiro atoms. The SMILES string of the molecule is CCCCCCCCCCCCC(Cl)(CC(O)O)c1ccccc1. The van der Waals surface area contributed by atoms with E-state index in [9.17, 15) is 10.2 Å². The molecular weight excluding hydrogens is 320 g/mol. The Bertz CT molecular complexity index is 408. The molecule has 0 radical (unpaired) electrons. The van der Waals surface area contributed by atoms with E-state index < -0.39 is 11.2 Å². The molecule has 138 valence electrons. The zero-order valence-electron chi connectivity index (χ0n) is 15.2. The molecule has 0 amide bonds. The molecule has 0 aliphatic heterocycles. The second-order valence-electron chi connectivity index (χ2n) is 6.95. The lowest BCUT2D eigenvalue weighted by molar-refractivity contribution is -0.0540. The maximum atomic E-state index is 9.38. The lowest BCUT2D eigenvalue weighted by Crippen LogP contribution is -2.25. The summed E-state index contributed by atoms with van der Waals surface area (Å²) < 4.78 is 0. The molecule has 3 heteroatoms. The van der Waals surface area contributed by atoms with Crippen molar-refractivity contribution < 1.29 is 10.2 Å². The molecule has 0 saturated heterocycles. The summed E-state index contributed by atoms with van der Waals surface area (Å²) in [6.07, 6.45) is 12.5. The number of alkyl halides is 1. The number of unbranched alkanes of at least 4 members (excludes halogenated alkanes) is 9. The molecule has 0 saturated carbocycles. The average molecular weight is 355 g/mol. The fraction of sp³-hybridized carbons (Fsp3) is 0.714. The minimum Gasteiger partial charge on any atom is -0.368 e. The van der Waals surface area contributed by atoms with Gasteiger partial charge in [-0.05, 0) is 12.0 Å². The molecule has 0 aliphatic rings. The van der Waals surface area contributed by atoms with Crippen LogP contribution in [0.4, 0.5) is 0 Å². The van der Waals surface area contributed by atoms with Crippen molar-refractivity contribution in [3.05, 3.63) is 35.9 Å². The van der Waals surface area contributed by atoms with Crippen molar-refractivity contribution in [2.24, 2.45) is 0 Å². The summed E-state index contributed by atoms with van der Waals surface area (Å²) in [6, 6.07) is 9.82. The van der Waals surface area contributed by atoms with E-state index in [1.165, 1.54) is 51.4 Å². The van der Waals surface area contributed by atoms with Gasteiger partial charge in [0.1, 0.15) is 0 Å². The molecule has 0 bridgehead atoms. The predicted molar refractivity (Wildman–Crippen MR) is 103 cm³/mol. The van der Waals surface area contributed by atoms with Crippen LogP contribution in [0, 0.1) is 0 Å². The van der Waals surface area contributed by atoms with E-state index in [0.717, 1.165) is 24.8 Å². The Morgan fingerprint density at radius 2 is 1.33 bits per heavy atom. The molecule has 0 aromatic heterocycles. The smallest absolute Gasteiger partial charge is 0.153 e. The number of hydrogen-bond acceptors (Lipinski definition) is 2. The van der Waals surface area contributed by atoms with E-state index >= 15 is 0 Å². The molecule has 1 rings (SSSR count). The lowest BCUT2D eigenvalue weighted by atomic mass is 9.89. The number of rotatable bonds is 14. The first-order chi connectivity index (χ1) is 11.6. The number of benzene rings is 1. The quantitative estimate of drug-likeness (QED) is 0.239. The van der Waals surface area contributed by atoms with E-state index in [4.69, 9.17) is 11.6 Å². The van der Waals surface area contributed by atoms with Gasteiger partial charge in [-0.3, -0.25) is 0 Å². The van der Waals surface area contributed by atoms with Crippen molar-refractivity contribution in [3.63, 3.8) is 0 Å². The Morgan fingerprint density at radius 3 is 1.83 bits per heavy atom. The van der Waals surface area contributed by atoms with Crippen LogP contribution in [-0.2, 0) is 4.87 Å². The van der Waals surface area contributed by atoms with Crippen LogP contribution in [0.1, 0.15) is 89.5 Å². The largest absolute Gasteiger partial charge is 0.368 e. The monoisotopic (exact) mass is 354 g/mol. The third-order valence-corrected chi connectivity index (χ3v) is 5.29. The Hall–Kier alpha value is -0.570. The van der Waals surface area contributed by atoms with Gasteiger partial charge in [-0.15, -0.1) is 11.6 Å². The van der Waals surface area contributed by atoms with E-state index in [1.807, 2.05) is 30.3 Å². The molecule has 0 aliphatic carbocycles. The van der Waals surface area contributed by atoms with Gasteiger partial charge in [0, 0.05) is 6.42 Å².